The Kier molecular flexibility index (Phi) is 5.94. The Bertz CT molecular complexity index is 511. The van der Waals surface area contributed by atoms with E-state index >= 15 is 0 Å². The summed E-state index contributed by atoms with van der Waals surface area (Å²) < 4.78 is 27.7. The number of benzene rings is 1. The van der Waals surface area contributed by atoms with E-state index in [2.05, 4.69) is 10.1 Å². The molecular weight excluding hydrogens is 268 g/mol. The van der Waals surface area contributed by atoms with Crippen molar-refractivity contribution < 1.29 is 17.9 Å². The maximum Gasteiger partial charge on any atom is 0.239 e. The van der Waals surface area contributed by atoms with Gasteiger partial charge in [0.2, 0.25) is 5.91 Å². The molecule has 1 rings (SSSR count). The van der Waals surface area contributed by atoms with Crippen LogP contribution in [0.3, 0.4) is 0 Å². The average Bonchev–Trinajstić information content (AvgIpc) is 2.36. The van der Waals surface area contributed by atoms with Crippen LogP contribution in [0.1, 0.15) is 5.56 Å². The highest BCUT2D eigenvalue weighted by atomic mass is 32.2. The van der Waals surface area contributed by atoms with Crippen molar-refractivity contribution in [1.29, 1.82) is 0 Å². The number of hydrogen-bond acceptors (Lipinski definition) is 5. The Morgan fingerprint density at radius 1 is 1.32 bits per heavy atom. The summed E-state index contributed by atoms with van der Waals surface area (Å²) in [6.45, 7) is 0.500. The minimum atomic E-state index is -3.43. The lowest BCUT2D eigenvalue weighted by atomic mass is 10.2. The van der Waals surface area contributed by atoms with Crippen molar-refractivity contribution in [2.24, 2.45) is 5.73 Å². The maximum absolute atomic E-state index is 11.6. The summed E-state index contributed by atoms with van der Waals surface area (Å²) in [7, 11) is -2.02. The predicted octanol–water partition coefficient (Wildman–Crippen LogP) is 0.145. The fraction of sp³-hybridized carbons (Fsp3) is 0.417. The van der Waals surface area contributed by atoms with E-state index in [4.69, 9.17) is 5.73 Å². The van der Waals surface area contributed by atoms with E-state index in [-0.39, 0.29) is 12.4 Å². The van der Waals surface area contributed by atoms with E-state index in [1.807, 2.05) is 0 Å². The first-order valence-electron chi connectivity index (χ1n) is 5.75. The summed E-state index contributed by atoms with van der Waals surface area (Å²) in [6.07, 6.45) is 0. The normalized spacial score (nSPS) is 11.3. The molecule has 0 saturated heterocycles. The largest absolute Gasteiger partial charge is 0.384 e. The zero-order chi connectivity index (χ0) is 14.3. The molecule has 0 atom stereocenters. The van der Waals surface area contributed by atoms with Gasteiger partial charge < -0.3 is 15.8 Å². The molecular formula is C12H18N2O4S. The Morgan fingerprint density at radius 2 is 1.95 bits per heavy atom. The maximum atomic E-state index is 11.6. The zero-order valence-electron chi connectivity index (χ0n) is 10.8. The molecule has 0 aromatic heterocycles. The lowest BCUT2D eigenvalue weighted by molar-refractivity contribution is -0.113. The van der Waals surface area contributed by atoms with Crippen molar-refractivity contribution in [2.45, 2.75) is 6.54 Å². The van der Waals surface area contributed by atoms with Crippen LogP contribution in [0.4, 0.5) is 5.69 Å². The van der Waals surface area contributed by atoms with Gasteiger partial charge in [0.1, 0.15) is 5.75 Å². The fourth-order valence-corrected chi connectivity index (χ4v) is 2.44. The average molecular weight is 286 g/mol. The summed E-state index contributed by atoms with van der Waals surface area (Å²) in [4.78, 5) is 11.6. The SMILES string of the molecule is COCCS(=O)(=O)CC(=O)Nc1ccc(CN)cc1. The quantitative estimate of drug-likeness (QED) is 0.743. The molecule has 6 nitrogen and oxygen atoms in total. The van der Waals surface area contributed by atoms with E-state index in [9.17, 15) is 13.2 Å². The van der Waals surface area contributed by atoms with E-state index in [0.717, 1.165) is 5.56 Å². The molecule has 0 aliphatic heterocycles. The number of ether oxygens (including phenoxy) is 1. The van der Waals surface area contributed by atoms with Gasteiger partial charge in [-0.1, -0.05) is 12.1 Å². The fourth-order valence-electron chi connectivity index (χ4n) is 1.40. The van der Waals surface area contributed by atoms with Crippen LogP contribution in [0.15, 0.2) is 24.3 Å². The third-order valence-electron chi connectivity index (χ3n) is 2.42. The van der Waals surface area contributed by atoms with E-state index in [1.54, 1.807) is 24.3 Å². The molecule has 0 spiro atoms. The standard InChI is InChI=1S/C12H18N2O4S/c1-18-6-7-19(16,17)9-12(15)14-11-4-2-10(8-13)3-5-11/h2-5H,6-9,13H2,1H3,(H,14,15). The second-order valence-corrected chi connectivity index (χ2v) is 6.22. The van der Waals surface area contributed by atoms with Crippen LogP contribution >= 0.6 is 0 Å². The monoisotopic (exact) mass is 286 g/mol. The number of nitrogens with two attached hydrogens (primary N) is 1. The number of sulfone groups is 1. The van der Waals surface area contributed by atoms with Gasteiger partial charge in [-0.25, -0.2) is 8.42 Å². The number of carbonyl (C=O) groups excluding carboxylic acids is 1. The lowest BCUT2D eigenvalue weighted by Gasteiger charge is -2.06. The van der Waals surface area contributed by atoms with Crippen molar-refractivity contribution in [3.8, 4) is 0 Å². The number of amides is 1. The summed E-state index contributed by atoms with van der Waals surface area (Å²) in [5, 5.41) is 2.53. The van der Waals surface area contributed by atoms with Gasteiger partial charge in [0.05, 0.1) is 12.4 Å². The molecule has 1 aromatic rings. The molecule has 0 aliphatic rings. The zero-order valence-corrected chi connectivity index (χ0v) is 11.6. The first kappa shape index (κ1) is 15.6. The van der Waals surface area contributed by atoms with Crippen LogP contribution in [-0.2, 0) is 25.9 Å². The Labute approximate surface area is 112 Å². The predicted molar refractivity (Wildman–Crippen MR) is 73.5 cm³/mol. The van der Waals surface area contributed by atoms with Gasteiger partial charge >= 0.3 is 0 Å². The van der Waals surface area contributed by atoms with Gasteiger partial charge in [-0.05, 0) is 17.7 Å². The van der Waals surface area contributed by atoms with Crippen LogP contribution < -0.4 is 11.1 Å². The van der Waals surface area contributed by atoms with Crippen molar-refractivity contribution in [2.75, 3.05) is 30.5 Å². The summed E-state index contributed by atoms with van der Waals surface area (Å²) in [5.74, 6) is -1.27. The van der Waals surface area contributed by atoms with Gasteiger partial charge in [0, 0.05) is 19.3 Å². The Hall–Kier alpha value is -1.44. The molecule has 0 radical (unpaired) electrons. The third-order valence-corrected chi connectivity index (χ3v) is 3.91. The summed E-state index contributed by atoms with van der Waals surface area (Å²) in [5.41, 5.74) is 6.93. The summed E-state index contributed by atoms with van der Waals surface area (Å²) >= 11 is 0. The minimum absolute atomic E-state index is 0.0841. The van der Waals surface area contributed by atoms with Gasteiger partial charge in [-0.2, -0.15) is 0 Å². The van der Waals surface area contributed by atoms with Gasteiger partial charge in [-0.15, -0.1) is 0 Å². The molecule has 19 heavy (non-hydrogen) atoms. The van der Waals surface area contributed by atoms with Crippen LogP contribution in [-0.4, -0.2) is 39.5 Å². The van der Waals surface area contributed by atoms with E-state index in [0.29, 0.717) is 12.2 Å². The highest BCUT2D eigenvalue weighted by molar-refractivity contribution is 7.92. The second kappa shape index (κ2) is 7.22. The van der Waals surface area contributed by atoms with Gasteiger partial charge in [0.15, 0.2) is 9.84 Å². The highest BCUT2D eigenvalue weighted by Crippen LogP contribution is 2.09. The highest BCUT2D eigenvalue weighted by Gasteiger charge is 2.16. The number of methoxy groups -OCH3 is 1. The molecule has 0 saturated carbocycles. The minimum Gasteiger partial charge on any atom is -0.384 e. The number of rotatable bonds is 7. The Balaban J connectivity index is 2.54. The molecule has 3 N–H and O–H groups in total. The number of nitrogens with one attached hydrogen (secondary N) is 1. The molecule has 0 aliphatic carbocycles. The number of anilines is 1. The molecule has 106 valence electrons. The van der Waals surface area contributed by atoms with Crippen LogP contribution in [0.25, 0.3) is 0 Å². The van der Waals surface area contributed by atoms with Gasteiger partial charge in [0.25, 0.3) is 0 Å². The molecule has 1 amide bonds. The van der Waals surface area contributed by atoms with Gasteiger partial charge in [-0.3, -0.25) is 4.79 Å². The van der Waals surface area contributed by atoms with Crippen molar-refractivity contribution in [3.63, 3.8) is 0 Å². The lowest BCUT2D eigenvalue weighted by Crippen LogP contribution is -2.26. The number of carbonyl (C=O) groups is 1. The van der Waals surface area contributed by atoms with Crippen LogP contribution in [0, 0.1) is 0 Å². The molecule has 0 heterocycles. The van der Waals surface area contributed by atoms with Crippen molar-refractivity contribution in [1.82, 2.24) is 0 Å². The third kappa shape index (κ3) is 5.82. The van der Waals surface area contributed by atoms with E-state index < -0.39 is 21.5 Å². The molecule has 0 bridgehead atoms. The second-order valence-electron chi connectivity index (χ2n) is 4.03. The summed E-state index contributed by atoms with van der Waals surface area (Å²) in [6, 6.07) is 6.91. The topological polar surface area (TPSA) is 98.5 Å². The number of hydrogen-bond donors (Lipinski definition) is 2. The smallest absolute Gasteiger partial charge is 0.239 e. The molecule has 0 unspecified atom stereocenters. The molecule has 1 aromatic carbocycles. The first-order valence-corrected chi connectivity index (χ1v) is 7.57. The first-order chi connectivity index (χ1) is 8.96. The van der Waals surface area contributed by atoms with Crippen LogP contribution in [0.5, 0.6) is 0 Å². The van der Waals surface area contributed by atoms with E-state index in [1.165, 1.54) is 7.11 Å². The Morgan fingerprint density at radius 3 is 2.47 bits per heavy atom. The molecule has 0 fully saturated rings. The molecule has 7 heteroatoms. The van der Waals surface area contributed by atoms with Crippen molar-refractivity contribution in [3.05, 3.63) is 29.8 Å². The van der Waals surface area contributed by atoms with Crippen LogP contribution in [0.2, 0.25) is 0 Å². The van der Waals surface area contributed by atoms with Crippen molar-refractivity contribution >= 4 is 21.4 Å².